The fraction of sp³-hybridized carbons (Fsp3) is 0.517. The number of phenols is 3. The lowest BCUT2D eigenvalue weighted by atomic mass is 9.84. The van der Waals surface area contributed by atoms with Gasteiger partial charge in [0.1, 0.15) is 11.5 Å². The Labute approximate surface area is 201 Å². The lowest BCUT2D eigenvalue weighted by molar-refractivity contribution is -0.120. The highest BCUT2D eigenvalue weighted by atomic mass is 16.3. The fourth-order valence-electron chi connectivity index (χ4n) is 5.75. The van der Waals surface area contributed by atoms with E-state index in [-0.39, 0.29) is 28.9 Å². The van der Waals surface area contributed by atoms with E-state index in [4.69, 9.17) is 0 Å². The van der Waals surface area contributed by atoms with Crippen molar-refractivity contribution in [1.82, 2.24) is 0 Å². The van der Waals surface area contributed by atoms with Gasteiger partial charge in [0.15, 0.2) is 17.3 Å². The summed E-state index contributed by atoms with van der Waals surface area (Å²) in [6.07, 6.45) is 10.4. The highest BCUT2D eigenvalue weighted by molar-refractivity contribution is 5.96. The number of carbonyl (C=O) groups excluding carboxylic acids is 2. The van der Waals surface area contributed by atoms with Crippen LogP contribution in [0.2, 0.25) is 0 Å². The first-order valence-electron chi connectivity index (χ1n) is 12.8. The monoisotopic (exact) mass is 464 g/mol. The number of benzene rings is 2. The summed E-state index contributed by atoms with van der Waals surface area (Å²) in [5.74, 6) is 2.04. The molecule has 3 N–H and O–H groups in total. The quantitative estimate of drug-likeness (QED) is 0.198. The zero-order chi connectivity index (χ0) is 24.1. The zero-order valence-corrected chi connectivity index (χ0v) is 19.8. The minimum absolute atomic E-state index is 0.0468. The van der Waals surface area contributed by atoms with Gasteiger partial charge in [0, 0.05) is 24.3 Å². The molecule has 0 bridgehead atoms. The maximum atomic E-state index is 12.9. The molecular weight excluding hydrogens is 428 g/mol. The normalized spacial score (nSPS) is 20.8. The molecule has 4 rings (SSSR count). The lowest BCUT2D eigenvalue weighted by Gasteiger charge is -2.21. The van der Waals surface area contributed by atoms with Gasteiger partial charge in [0.25, 0.3) is 0 Å². The van der Waals surface area contributed by atoms with Gasteiger partial charge in [-0.25, -0.2) is 0 Å². The number of Topliss-reactive ketones (excluding diaryl/α,β-unsaturated/α-hetero) is 2. The van der Waals surface area contributed by atoms with Crippen molar-refractivity contribution in [3.63, 3.8) is 0 Å². The SMILES string of the molecule is O=C(CCCCC(=O)[C@H]1CC1C(Cc1ccc(O)c(O)c1)CC1CCCC1)c1ccc(O)cc1. The molecule has 0 radical (unpaired) electrons. The number of carbonyl (C=O) groups is 2. The topological polar surface area (TPSA) is 94.8 Å². The van der Waals surface area contributed by atoms with Crippen molar-refractivity contribution >= 4 is 11.6 Å². The molecule has 3 atom stereocenters. The summed E-state index contributed by atoms with van der Waals surface area (Å²) >= 11 is 0. The first-order valence-corrected chi connectivity index (χ1v) is 12.8. The van der Waals surface area contributed by atoms with Crippen molar-refractivity contribution < 1.29 is 24.9 Å². The predicted octanol–water partition coefficient (Wildman–Crippen LogP) is 6.19. The molecule has 2 fully saturated rings. The summed E-state index contributed by atoms with van der Waals surface area (Å²) in [6.45, 7) is 0. The van der Waals surface area contributed by atoms with E-state index in [1.165, 1.54) is 37.8 Å². The van der Waals surface area contributed by atoms with Crippen LogP contribution in [-0.4, -0.2) is 26.9 Å². The molecule has 0 aliphatic heterocycles. The van der Waals surface area contributed by atoms with Crippen LogP contribution in [0.3, 0.4) is 0 Å². The number of rotatable bonds is 12. The van der Waals surface area contributed by atoms with Crippen molar-refractivity contribution in [2.24, 2.45) is 23.7 Å². The Balaban J connectivity index is 1.26. The molecule has 2 aromatic rings. The van der Waals surface area contributed by atoms with Crippen LogP contribution in [0.4, 0.5) is 0 Å². The third-order valence-electron chi connectivity index (χ3n) is 7.77. The molecule has 2 aliphatic carbocycles. The van der Waals surface area contributed by atoms with Crippen LogP contribution in [0.5, 0.6) is 17.2 Å². The first kappa shape index (κ1) is 24.3. The van der Waals surface area contributed by atoms with Crippen LogP contribution in [0.15, 0.2) is 42.5 Å². The van der Waals surface area contributed by atoms with Gasteiger partial charge in [0.05, 0.1) is 0 Å². The molecular formula is C29H36O5. The lowest BCUT2D eigenvalue weighted by Crippen LogP contribution is -2.15. The van der Waals surface area contributed by atoms with Gasteiger partial charge in [-0.2, -0.15) is 0 Å². The second kappa shape index (κ2) is 11.1. The minimum atomic E-state index is -0.0977. The van der Waals surface area contributed by atoms with Crippen LogP contribution >= 0.6 is 0 Å². The van der Waals surface area contributed by atoms with Crippen LogP contribution in [0, 0.1) is 23.7 Å². The van der Waals surface area contributed by atoms with Gasteiger partial charge in [-0.3, -0.25) is 9.59 Å². The second-order valence-corrected chi connectivity index (χ2v) is 10.3. The Morgan fingerprint density at radius 2 is 1.59 bits per heavy atom. The van der Waals surface area contributed by atoms with Crippen LogP contribution in [-0.2, 0) is 11.2 Å². The van der Waals surface area contributed by atoms with Gasteiger partial charge in [-0.1, -0.05) is 31.7 Å². The maximum Gasteiger partial charge on any atom is 0.162 e. The van der Waals surface area contributed by atoms with Crippen molar-refractivity contribution in [2.75, 3.05) is 0 Å². The molecule has 0 spiro atoms. The third-order valence-corrected chi connectivity index (χ3v) is 7.77. The number of phenolic OH excluding ortho intramolecular Hbond substituents is 3. The van der Waals surface area contributed by atoms with Gasteiger partial charge >= 0.3 is 0 Å². The van der Waals surface area contributed by atoms with Gasteiger partial charge < -0.3 is 15.3 Å². The van der Waals surface area contributed by atoms with Crippen LogP contribution in [0.1, 0.15) is 80.1 Å². The predicted molar refractivity (Wildman–Crippen MR) is 131 cm³/mol. The summed E-state index contributed by atoms with van der Waals surface area (Å²) in [6, 6.07) is 11.4. The van der Waals surface area contributed by atoms with E-state index in [9.17, 15) is 24.9 Å². The van der Waals surface area contributed by atoms with Crippen molar-refractivity contribution in [1.29, 1.82) is 0 Å². The summed E-state index contributed by atoms with van der Waals surface area (Å²) in [7, 11) is 0. The maximum absolute atomic E-state index is 12.9. The Kier molecular flexibility index (Phi) is 7.91. The van der Waals surface area contributed by atoms with Crippen molar-refractivity contribution in [3.8, 4) is 17.2 Å². The van der Waals surface area contributed by atoms with Gasteiger partial charge in [-0.05, 0) is 91.8 Å². The molecule has 0 heterocycles. The number of aromatic hydroxyl groups is 3. The number of hydrogen-bond acceptors (Lipinski definition) is 5. The molecule has 5 nitrogen and oxygen atoms in total. The van der Waals surface area contributed by atoms with E-state index in [1.54, 1.807) is 24.3 Å². The van der Waals surface area contributed by atoms with Gasteiger partial charge in [-0.15, -0.1) is 0 Å². The van der Waals surface area contributed by atoms with E-state index in [1.807, 2.05) is 6.07 Å². The van der Waals surface area contributed by atoms with Crippen LogP contribution in [0.25, 0.3) is 0 Å². The number of unbranched alkanes of at least 4 members (excludes halogenated alkanes) is 1. The number of ketones is 2. The molecule has 2 aromatic carbocycles. The van der Waals surface area contributed by atoms with Crippen LogP contribution < -0.4 is 0 Å². The molecule has 182 valence electrons. The minimum Gasteiger partial charge on any atom is -0.508 e. The number of hydrogen-bond donors (Lipinski definition) is 3. The molecule has 2 unspecified atom stereocenters. The van der Waals surface area contributed by atoms with E-state index in [0.717, 1.165) is 37.2 Å². The largest absolute Gasteiger partial charge is 0.508 e. The van der Waals surface area contributed by atoms with E-state index in [0.29, 0.717) is 42.4 Å². The second-order valence-electron chi connectivity index (χ2n) is 10.3. The van der Waals surface area contributed by atoms with E-state index in [2.05, 4.69) is 0 Å². The first-order chi connectivity index (χ1) is 16.4. The van der Waals surface area contributed by atoms with Crippen molar-refractivity contribution in [3.05, 3.63) is 53.6 Å². The molecule has 5 heteroatoms. The summed E-state index contributed by atoms with van der Waals surface area (Å²) < 4.78 is 0. The Morgan fingerprint density at radius 3 is 2.29 bits per heavy atom. The fourth-order valence-corrected chi connectivity index (χ4v) is 5.75. The molecule has 0 saturated heterocycles. The third kappa shape index (κ3) is 6.40. The van der Waals surface area contributed by atoms with E-state index >= 15 is 0 Å². The molecule has 2 saturated carbocycles. The van der Waals surface area contributed by atoms with E-state index < -0.39 is 0 Å². The Morgan fingerprint density at radius 1 is 0.882 bits per heavy atom. The molecule has 34 heavy (non-hydrogen) atoms. The average Bonchev–Trinajstić information content (AvgIpc) is 3.46. The Bertz CT molecular complexity index is 990. The standard InChI is InChI=1S/C29H36O5/c30-23-12-10-21(11-13-23)26(31)7-3-4-8-27(32)25-18-24(25)22(15-19-5-1-2-6-19)16-20-9-14-28(33)29(34)17-20/h9-14,17,19,22,24-25,30,33-34H,1-8,15-16,18H2/t22?,24?,25-/m0/s1. The molecule has 2 aliphatic rings. The smallest absolute Gasteiger partial charge is 0.162 e. The highest BCUT2D eigenvalue weighted by Crippen LogP contribution is 2.50. The Hall–Kier alpha value is -2.82. The van der Waals surface area contributed by atoms with Gasteiger partial charge in [0.2, 0.25) is 0 Å². The summed E-state index contributed by atoms with van der Waals surface area (Å²) in [4.78, 5) is 25.1. The summed E-state index contributed by atoms with van der Waals surface area (Å²) in [5, 5.41) is 28.9. The molecule has 0 amide bonds. The average molecular weight is 465 g/mol. The molecule has 0 aromatic heterocycles. The summed E-state index contributed by atoms with van der Waals surface area (Å²) in [5.41, 5.74) is 1.62. The zero-order valence-electron chi connectivity index (χ0n) is 19.8. The highest BCUT2D eigenvalue weighted by Gasteiger charge is 2.47. The van der Waals surface area contributed by atoms with Crippen molar-refractivity contribution in [2.45, 2.75) is 70.6 Å².